The number of hydrogen-bond donors (Lipinski definition) is 1. The summed E-state index contributed by atoms with van der Waals surface area (Å²) in [5, 5.41) is 3.64. The van der Waals surface area contributed by atoms with Gasteiger partial charge in [0.2, 0.25) is 0 Å². The van der Waals surface area contributed by atoms with Crippen LogP contribution in [0.5, 0.6) is 0 Å². The second-order valence-corrected chi connectivity index (χ2v) is 6.81. The van der Waals surface area contributed by atoms with Crippen LogP contribution in [0.2, 0.25) is 0 Å². The summed E-state index contributed by atoms with van der Waals surface area (Å²) in [6.07, 6.45) is 2.72. The van der Waals surface area contributed by atoms with E-state index in [4.69, 9.17) is 4.74 Å². The van der Waals surface area contributed by atoms with Crippen molar-refractivity contribution in [1.29, 1.82) is 0 Å². The molecular weight excluding hydrogens is 253 g/mol. The minimum Gasteiger partial charge on any atom is -0.377 e. The van der Waals surface area contributed by atoms with Crippen molar-refractivity contribution in [2.45, 2.75) is 51.8 Å². The molecule has 1 saturated heterocycles. The molecule has 2 aliphatic rings. The van der Waals surface area contributed by atoms with E-state index < -0.39 is 0 Å². The molecule has 4 atom stereocenters. The number of benzene rings is 1. The maximum atomic E-state index is 13.9. The van der Waals surface area contributed by atoms with Crippen LogP contribution in [-0.2, 0) is 4.74 Å². The summed E-state index contributed by atoms with van der Waals surface area (Å²) in [5.41, 5.74) is 0.883. The first kappa shape index (κ1) is 14.0. The van der Waals surface area contributed by atoms with Gasteiger partial charge in [-0.05, 0) is 25.8 Å². The smallest absolute Gasteiger partial charge is 0.127 e. The van der Waals surface area contributed by atoms with Gasteiger partial charge in [0.1, 0.15) is 5.82 Å². The van der Waals surface area contributed by atoms with E-state index in [-0.39, 0.29) is 17.3 Å². The number of ether oxygens (including phenoxy) is 1. The van der Waals surface area contributed by atoms with E-state index in [0.29, 0.717) is 18.1 Å². The minimum absolute atomic E-state index is 0.0309. The summed E-state index contributed by atoms with van der Waals surface area (Å²) in [6, 6.07) is 7.48. The van der Waals surface area contributed by atoms with Gasteiger partial charge in [-0.25, -0.2) is 4.39 Å². The van der Waals surface area contributed by atoms with Crippen molar-refractivity contribution in [2.75, 3.05) is 6.61 Å². The molecule has 3 heteroatoms. The van der Waals surface area contributed by atoms with Crippen LogP contribution in [0.4, 0.5) is 4.39 Å². The van der Waals surface area contributed by atoms with E-state index in [0.717, 1.165) is 18.6 Å². The van der Waals surface area contributed by atoms with Gasteiger partial charge in [-0.2, -0.15) is 0 Å². The highest BCUT2D eigenvalue weighted by Gasteiger charge is 2.57. The van der Waals surface area contributed by atoms with Gasteiger partial charge in [0.15, 0.2) is 0 Å². The fraction of sp³-hybridized carbons (Fsp3) is 0.647. The van der Waals surface area contributed by atoms with Gasteiger partial charge >= 0.3 is 0 Å². The summed E-state index contributed by atoms with van der Waals surface area (Å²) < 4.78 is 19.8. The van der Waals surface area contributed by atoms with Crippen molar-refractivity contribution in [3.8, 4) is 0 Å². The Morgan fingerprint density at radius 3 is 2.85 bits per heavy atom. The van der Waals surface area contributed by atoms with Crippen LogP contribution in [-0.4, -0.2) is 18.8 Å². The summed E-state index contributed by atoms with van der Waals surface area (Å²) in [5.74, 6) is 0.453. The van der Waals surface area contributed by atoms with E-state index >= 15 is 0 Å². The number of fused-ring (bicyclic) bond motifs is 1. The third-order valence-corrected chi connectivity index (χ3v) is 5.13. The average molecular weight is 277 g/mol. The summed E-state index contributed by atoms with van der Waals surface area (Å²) >= 11 is 0. The second-order valence-electron chi connectivity index (χ2n) is 6.81. The minimum atomic E-state index is -0.124. The lowest BCUT2D eigenvalue weighted by Crippen LogP contribution is -2.69. The van der Waals surface area contributed by atoms with Crippen molar-refractivity contribution in [1.82, 2.24) is 5.32 Å². The van der Waals surface area contributed by atoms with E-state index in [1.165, 1.54) is 12.5 Å². The molecule has 1 aromatic rings. The first-order valence-corrected chi connectivity index (χ1v) is 7.64. The monoisotopic (exact) mass is 277 g/mol. The highest BCUT2D eigenvalue weighted by Crippen LogP contribution is 2.51. The first-order chi connectivity index (χ1) is 9.51. The topological polar surface area (TPSA) is 21.3 Å². The predicted octanol–water partition coefficient (Wildman–Crippen LogP) is 3.68. The quantitative estimate of drug-likeness (QED) is 0.910. The Bertz CT molecular complexity index is 488. The molecule has 2 fully saturated rings. The van der Waals surface area contributed by atoms with Crippen LogP contribution in [0.3, 0.4) is 0 Å². The zero-order chi connectivity index (χ0) is 14.3. The molecule has 1 saturated carbocycles. The van der Waals surface area contributed by atoms with Gasteiger partial charge in [-0.1, -0.05) is 32.0 Å². The Balaban J connectivity index is 1.73. The third kappa shape index (κ3) is 2.17. The van der Waals surface area contributed by atoms with Crippen molar-refractivity contribution in [2.24, 2.45) is 11.3 Å². The fourth-order valence-corrected chi connectivity index (χ4v) is 4.05. The molecule has 4 unspecified atom stereocenters. The standard InChI is InChI=1S/C17H24FNO/c1-11(12-7-4-5-9-14(12)18)19-15-13-8-6-10-20-16(13)17(15,2)3/h4-5,7,9,11,13,15-16,19H,6,8,10H2,1-3H3. The maximum Gasteiger partial charge on any atom is 0.127 e. The number of nitrogens with one attached hydrogen (secondary N) is 1. The Labute approximate surface area is 120 Å². The SMILES string of the molecule is CC(NC1C2CCCOC2C1(C)C)c1ccccc1F. The molecule has 0 radical (unpaired) electrons. The molecule has 1 N–H and O–H groups in total. The van der Waals surface area contributed by atoms with Crippen LogP contribution in [0.1, 0.15) is 45.2 Å². The largest absolute Gasteiger partial charge is 0.377 e. The molecule has 1 aromatic carbocycles. The fourth-order valence-electron chi connectivity index (χ4n) is 4.05. The van der Waals surface area contributed by atoms with Gasteiger partial charge in [-0.15, -0.1) is 0 Å². The van der Waals surface area contributed by atoms with E-state index in [1.807, 2.05) is 19.1 Å². The van der Waals surface area contributed by atoms with Crippen LogP contribution in [0.15, 0.2) is 24.3 Å². The molecular formula is C17H24FNO. The van der Waals surface area contributed by atoms with Crippen LogP contribution < -0.4 is 5.32 Å². The molecule has 110 valence electrons. The molecule has 0 amide bonds. The Morgan fingerprint density at radius 2 is 2.10 bits per heavy atom. The summed E-state index contributed by atoms with van der Waals surface area (Å²) in [7, 11) is 0. The molecule has 1 aliphatic heterocycles. The molecule has 1 heterocycles. The third-order valence-electron chi connectivity index (χ3n) is 5.13. The van der Waals surface area contributed by atoms with Gasteiger partial charge in [-0.3, -0.25) is 0 Å². The molecule has 1 aliphatic carbocycles. The van der Waals surface area contributed by atoms with E-state index in [2.05, 4.69) is 19.2 Å². The number of rotatable bonds is 3. The van der Waals surface area contributed by atoms with Gasteiger partial charge < -0.3 is 10.1 Å². The van der Waals surface area contributed by atoms with Gasteiger partial charge in [0.05, 0.1) is 6.10 Å². The second kappa shape index (κ2) is 5.12. The summed E-state index contributed by atoms with van der Waals surface area (Å²) in [6.45, 7) is 7.45. The van der Waals surface area contributed by atoms with Crippen LogP contribution >= 0.6 is 0 Å². The Morgan fingerprint density at radius 1 is 1.35 bits per heavy atom. The van der Waals surface area contributed by atoms with Gasteiger partial charge in [0.25, 0.3) is 0 Å². The molecule has 0 aromatic heterocycles. The highest BCUT2D eigenvalue weighted by atomic mass is 19.1. The number of halogens is 1. The molecule has 20 heavy (non-hydrogen) atoms. The van der Waals surface area contributed by atoms with E-state index in [9.17, 15) is 4.39 Å². The van der Waals surface area contributed by atoms with Crippen LogP contribution in [0.25, 0.3) is 0 Å². The lowest BCUT2D eigenvalue weighted by molar-refractivity contribution is -0.194. The highest BCUT2D eigenvalue weighted by molar-refractivity contribution is 5.22. The summed E-state index contributed by atoms with van der Waals surface area (Å²) in [4.78, 5) is 0. The van der Waals surface area contributed by atoms with Crippen molar-refractivity contribution in [3.63, 3.8) is 0 Å². The normalized spacial score (nSPS) is 33.1. The van der Waals surface area contributed by atoms with Crippen LogP contribution in [0, 0.1) is 17.2 Å². The van der Waals surface area contributed by atoms with Crippen molar-refractivity contribution >= 4 is 0 Å². The van der Waals surface area contributed by atoms with Gasteiger partial charge in [0, 0.05) is 35.6 Å². The van der Waals surface area contributed by atoms with Crippen molar-refractivity contribution < 1.29 is 9.13 Å². The molecule has 0 bridgehead atoms. The Kier molecular flexibility index (Phi) is 3.59. The Hall–Kier alpha value is -0.930. The zero-order valence-electron chi connectivity index (χ0n) is 12.5. The van der Waals surface area contributed by atoms with E-state index in [1.54, 1.807) is 6.07 Å². The first-order valence-electron chi connectivity index (χ1n) is 7.64. The van der Waals surface area contributed by atoms with Crippen molar-refractivity contribution in [3.05, 3.63) is 35.6 Å². The molecule has 3 rings (SSSR count). The molecule has 2 nitrogen and oxygen atoms in total. The number of hydrogen-bond acceptors (Lipinski definition) is 2. The predicted molar refractivity (Wildman–Crippen MR) is 78.0 cm³/mol. The lowest BCUT2D eigenvalue weighted by Gasteiger charge is -2.60. The average Bonchev–Trinajstić information content (AvgIpc) is 2.45. The maximum absolute atomic E-state index is 13.9. The lowest BCUT2D eigenvalue weighted by atomic mass is 9.55. The molecule has 0 spiro atoms. The zero-order valence-corrected chi connectivity index (χ0v) is 12.5.